The summed E-state index contributed by atoms with van der Waals surface area (Å²) in [5.41, 5.74) is 1.63. The van der Waals surface area contributed by atoms with Crippen LogP contribution in [0.25, 0.3) is 6.08 Å². The first-order valence-electron chi connectivity index (χ1n) is 7.88. The fourth-order valence-corrected chi connectivity index (χ4v) is 3.63. The highest BCUT2D eigenvalue weighted by atomic mass is 79.9. The highest BCUT2D eigenvalue weighted by Crippen LogP contribution is 2.32. The molecule has 2 aromatic rings. The fraction of sp³-hybridized carbons (Fsp3) is 0.0526. The van der Waals surface area contributed by atoms with Gasteiger partial charge in [-0.15, -0.1) is 0 Å². The second-order valence-corrected chi connectivity index (χ2v) is 7.93. The van der Waals surface area contributed by atoms with Gasteiger partial charge >= 0.3 is 0 Å². The maximum Gasteiger partial charge on any atom is 0.294 e. The Morgan fingerprint density at radius 1 is 1.25 bits per heavy atom. The molecule has 0 saturated carbocycles. The van der Waals surface area contributed by atoms with Gasteiger partial charge in [-0.1, -0.05) is 23.7 Å². The third-order valence-electron chi connectivity index (χ3n) is 3.72. The van der Waals surface area contributed by atoms with Gasteiger partial charge in [0.2, 0.25) is 5.91 Å². The number of hydrogen-bond donors (Lipinski definition) is 1. The molecule has 2 aromatic carbocycles. The minimum atomic E-state index is -0.539. The van der Waals surface area contributed by atoms with Crippen LogP contribution < -0.4 is 5.32 Å². The molecule has 140 valence electrons. The van der Waals surface area contributed by atoms with Crippen molar-refractivity contribution in [1.82, 2.24) is 4.90 Å². The van der Waals surface area contributed by atoms with E-state index in [0.29, 0.717) is 26.3 Å². The lowest BCUT2D eigenvalue weighted by atomic mass is 10.1. The first-order valence-corrected chi connectivity index (χ1v) is 9.86. The quantitative estimate of drug-likeness (QED) is 0.649. The summed E-state index contributed by atoms with van der Waals surface area (Å²) in [6.45, 7) is -0.400. The van der Waals surface area contributed by atoms with E-state index < -0.39 is 23.6 Å². The third-order valence-corrected chi connectivity index (χ3v) is 5.86. The number of nitrogens with one attached hydrogen (secondary N) is 1. The molecule has 3 amide bonds. The van der Waals surface area contributed by atoms with Crippen molar-refractivity contribution in [2.45, 2.75) is 0 Å². The van der Waals surface area contributed by atoms with E-state index in [9.17, 15) is 14.4 Å². The monoisotopic (exact) mass is 475 g/mol. The molecule has 1 fully saturated rings. The molecule has 1 aliphatic rings. The van der Waals surface area contributed by atoms with Crippen LogP contribution in [0, 0.1) is 11.3 Å². The zero-order valence-corrected chi connectivity index (χ0v) is 17.3. The van der Waals surface area contributed by atoms with Crippen LogP contribution in [0.5, 0.6) is 0 Å². The standard InChI is InChI=1S/C19H11BrClN3O3S/c20-14-6-5-13(8-15(14)21)23-17(25)10-24-18(26)16(28-19(24)27)7-11-1-3-12(9-22)4-2-11/h1-8H,10H2,(H,23,25)/b16-7+. The number of rotatable bonds is 4. The predicted octanol–water partition coefficient (Wildman–Crippen LogP) is 4.65. The summed E-state index contributed by atoms with van der Waals surface area (Å²) < 4.78 is 0.686. The Balaban J connectivity index is 1.69. The molecule has 0 aliphatic carbocycles. The van der Waals surface area contributed by atoms with Gasteiger partial charge in [0.15, 0.2) is 0 Å². The summed E-state index contributed by atoms with van der Waals surface area (Å²) in [6.07, 6.45) is 1.55. The Kier molecular flexibility index (Phi) is 6.19. The number of benzene rings is 2. The minimum Gasteiger partial charge on any atom is -0.324 e. The van der Waals surface area contributed by atoms with Gasteiger partial charge in [0.25, 0.3) is 11.1 Å². The van der Waals surface area contributed by atoms with E-state index in [1.165, 1.54) is 0 Å². The summed E-state index contributed by atoms with van der Waals surface area (Å²) in [6, 6.07) is 13.5. The van der Waals surface area contributed by atoms with Gasteiger partial charge in [0.05, 0.1) is 21.6 Å². The number of amides is 3. The van der Waals surface area contributed by atoms with Crippen molar-refractivity contribution >= 4 is 68.1 Å². The second kappa shape index (κ2) is 8.61. The van der Waals surface area contributed by atoms with Gasteiger partial charge in [-0.2, -0.15) is 5.26 Å². The fourth-order valence-electron chi connectivity index (χ4n) is 2.36. The van der Waals surface area contributed by atoms with Crippen molar-refractivity contribution in [2.75, 3.05) is 11.9 Å². The van der Waals surface area contributed by atoms with Gasteiger partial charge in [-0.25, -0.2) is 0 Å². The molecule has 0 spiro atoms. The largest absolute Gasteiger partial charge is 0.324 e. The summed E-state index contributed by atoms with van der Waals surface area (Å²) in [5.74, 6) is -1.05. The Labute approximate surface area is 178 Å². The number of imide groups is 1. The number of anilines is 1. The molecule has 0 aromatic heterocycles. The Hall–Kier alpha value is -2.60. The topological polar surface area (TPSA) is 90.3 Å². The van der Waals surface area contributed by atoms with Crippen molar-refractivity contribution < 1.29 is 14.4 Å². The lowest BCUT2D eigenvalue weighted by Crippen LogP contribution is -2.36. The van der Waals surface area contributed by atoms with E-state index in [2.05, 4.69) is 21.2 Å². The van der Waals surface area contributed by atoms with E-state index in [1.807, 2.05) is 6.07 Å². The van der Waals surface area contributed by atoms with E-state index >= 15 is 0 Å². The summed E-state index contributed by atoms with van der Waals surface area (Å²) in [4.78, 5) is 38.0. The number of carbonyl (C=O) groups is 3. The van der Waals surface area contributed by atoms with Gasteiger partial charge in [0.1, 0.15) is 6.54 Å². The van der Waals surface area contributed by atoms with Gasteiger partial charge in [0, 0.05) is 10.2 Å². The summed E-state index contributed by atoms with van der Waals surface area (Å²) >= 11 is 10.0. The lowest BCUT2D eigenvalue weighted by molar-refractivity contribution is -0.127. The van der Waals surface area contributed by atoms with E-state index in [0.717, 1.165) is 16.7 Å². The molecule has 1 saturated heterocycles. The van der Waals surface area contributed by atoms with Gasteiger partial charge in [-0.3, -0.25) is 19.3 Å². The molecule has 9 heteroatoms. The Bertz CT molecular complexity index is 1050. The van der Waals surface area contributed by atoms with Crippen molar-refractivity contribution in [3.05, 3.63) is 68.0 Å². The molecular formula is C19H11BrClN3O3S. The van der Waals surface area contributed by atoms with Crippen LogP contribution in [-0.2, 0) is 9.59 Å². The zero-order valence-electron chi connectivity index (χ0n) is 14.1. The van der Waals surface area contributed by atoms with Gasteiger partial charge < -0.3 is 5.32 Å². The molecular weight excluding hydrogens is 466 g/mol. The molecule has 0 bridgehead atoms. The second-order valence-electron chi connectivity index (χ2n) is 5.68. The molecule has 1 N–H and O–H groups in total. The number of carbonyl (C=O) groups excluding carboxylic acids is 3. The first kappa shape index (κ1) is 20.1. The Morgan fingerprint density at radius 2 is 1.96 bits per heavy atom. The van der Waals surface area contributed by atoms with Crippen LogP contribution in [0.2, 0.25) is 5.02 Å². The molecule has 6 nitrogen and oxygen atoms in total. The van der Waals surface area contributed by atoms with E-state index in [4.69, 9.17) is 16.9 Å². The van der Waals surface area contributed by atoms with Crippen LogP contribution in [0.3, 0.4) is 0 Å². The molecule has 1 heterocycles. The predicted molar refractivity (Wildman–Crippen MR) is 112 cm³/mol. The van der Waals surface area contributed by atoms with Crippen molar-refractivity contribution in [1.29, 1.82) is 5.26 Å². The first-order chi connectivity index (χ1) is 13.4. The molecule has 0 unspecified atom stereocenters. The summed E-state index contributed by atoms with van der Waals surface area (Å²) in [5, 5.41) is 11.3. The summed E-state index contributed by atoms with van der Waals surface area (Å²) in [7, 11) is 0. The zero-order chi connectivity index (χ0) is 20.3. The highest BCUT2D eigenvalue weighted by molar-refractivity contribution is 9.10. The van der Waals surface area contributed by atoms with Crippen LogP contribution in [0.4, 0.5) is 10.5 Å². The van der Waals surface area contributed by atoms with Gasteiger partial charge in [-0.05, 0) is 69.7 Å². The minimum absolute atomic E-state index is 0.217. The maximum absolute atomic E-state index is 12.5. The van der Waals surface area contributed by atoms with E-state index in [1.54, 1.807) is 48.5 Å². The maximum atomic E-state index is 12.5. The molecule has 1 aliphatic heterocycles. The third kappa shape index (κ3) is 4.62. The Morgan fingerprint density at radius 3 is 2.61 bits per heavy atom. The molecule has 0 atom stereocenters. The van der Waals surface area contributed by atoms with Crippen molar-refractivity contribution in [2.24, 2.45) is 0 Å². The van der Waals surface area contributed by atoms with Crippen LogP contribution >= 0.6 is 39.3 Å². The average Bonchev–Trinajstić information content (AvgIpc) is 2.93. The van der Waals surface area contributed by atoms with Crippen molar-refractivity contribution in [3.63, 3.8) is 0 Å². The van der Waals surface area contributed by atoms with Crippen LogP contribution in [-0.4, -0.2) is 28.5 Å². The SMILES string of the molecule is N#Cc1ccc(/C=C2/SC(=O)N(CC(=O)Nc3ccc(Br)c(Cl)c3)C2=O)cc1. The molecule has 3 rings (SSSR count). The van der Waals surface area contributed by atoms with Crippen molar-refractivity contribution in [3.8, 4) is 6.07 Å². The molecule has 0 radical (unpaired) electrons. The number of halogens is 2. The highest BCUT2D eigenvalue weighted by Gasteiger charge is 2.36. The van der Waals surface area contributed by atoms with E-state index in [-0.39, 0.29) is 4.91 Å². The lowest BCUT2D eigenvalue weighted by Gasteiger charge is -2.12. The van der Waals surface area contributed by atoms with Crippen LogP contribution in [0.15, 0.2) is 51.8 Å². The normalized spacial score (nSPS) is 15.0. The number of thioether (sulfide) groups is 1. The number of hydrogen-bond acceptors (Lipinski definition) is 5. The number of nitrogens with zero attached hydrogens (tertiary/aromatic N) is 2. The van der Waals surface area contributed by atoms with Crippen LogP contribution in [0.1, 0.15) is 11.1 Å². The smallest absolute Gasteiger partial charge is 0.294 e. The molecule has 28 heavy (non-hydrogen) atoms. The number of nitriles is 1. The average molecular weight is 477 g/mol.